The van der Waals surface area contributed by atoms with Gasteiger partial charge in [0.1, 0.15) is 18.4 Å². The van der Waals surface area contributed by atoms with Crippen molar-refractivity contribution in [1.29, 1.82) is 0 Å². The molecule has 0 aliphatic rings. The largest absolute Gasteiger partial charge is 0.352 e. The number of amides is 2. The van der Waals surface area contributed by atoms with Gasteiger partial charge in [-0.05, 0) is 62.6 Å². The smallest absolute Gasteiger partial charge is 0.264 e. The Morgan fingerprint density at radius 3 is 2.10 bits per heavy atom. The van der Waals surface area contributed by atoms with E-state index in [0.717, 1.165) is 16.3 Å². The Labute approximate surface area is 230 Å². The molecule has 0 bridgehead atoms. The topological polar surface area (TPSA) is 86.8 Å². The van der Waals surface area contributed by atoms with Crippen molar-refractivity contribution >= 4 is 27.5 Å². The van der Waals surface area contributed by atoms with Gasteiger partial charge in [0.15, 0.2) is 0 Å². The number of aryl methyl sites for hydroxylation is 1. The molecule has 0 heterocycles. The van der Waals surface area contributed by atoms with Crippen LogP contribution in [0.4, 0.5) is 10.1 Å². The summed E-state index contributed by atoms with van der Waals surface area (Å²) in [6.45, 7) is 6.55. The molecule has 3 aromatic rings. The molecule has 39 heavy (non-hydrogen) atoms. The van der Waals surface area contributed by atoms with Crippen LogP contribution in [0, 0.1) is 5.82 Å². The third kappa shape index (κ3) is 7.44. The third-order valence-electron chi connectivity index (χ3n) is 6.71. The molecule has 2 atom stereocenters. The lowest BCUT2D eigenvalue weighted by molar-refractivity contribution is -0.139. The van der Waals surface area contributed by atoms with Crippen molar-refractivity contribution in [1.82, 2.24) is 10.2 Å². The van der Waals surface area contributed by atoms with Gasteiger partial charge < -0.3 is 10.2 Å². The minimum atomic E-state index is -4.14. The van der Waals surface area contributed by atoms with Gasteiger partial charge in [0.05, 0.1) is 10.6 Å². The van der Waals surface area contributed by atoms with Crippen LogP contribution >= 0.6 is 0 Å². The molecule has 1 N–H and O–H groups in total. The lowest BCUT2D eigenvalue weighted by atomic mass is 10.1. The van der Waals surface area contributed by atoms with Crippen LogP contribution in [-0.2, 0) is 32.6 Å². The van der Waals surface area contributed by atoms with E-state index in [-0.39, 0.29) is 23.0 Å². The van der Waals surface area contributed by atoms with E-state index < -0.39 is 40.2 Å². The Kier molecular flexibility index (Phi) is 10.2. The summed E-state index contributed by atoms with van der Waals surface area (Å²) in [6.07, 6.45) is 1.46. The van der Waals surface area contributed by atoms with Crippen molar-refractivity contribution in [3.05, 3.63) is 95.8 Å². The maximum absolute atomic E-state index is 14.6. The van der Waals surface area contributed by atoms with Crippen molar-refractivity contribution in [2.45, 2.75) is 64.1 Å². The van der Waals surface area contributed by atoms with E-state index >= 15 is 0 Å². The summed E-state index contributed by atoms with van der Waals surface area (Å²) >= 11 is 0. The highest BCUT2D eigenvalue weighted by molar-refractivity contribution is 7.92. The van der Waals surface area contributed by atoms with E-state index in [1.807, 2.05) is 32.9 Å². The summed E-state index contributed by atoms with van der Waals surface area (Å²) < 4.78 is 43.2. The van der Waals surface area contributed by atoms with E-state index in [2.05, 4.69) is 5.32 Å². The van der Waals surface area contributed by atoms with E-state index in [1.165, 1.54) is 35.2 Å². The number of rotatable bonds is 12. The van der Waals surface area contributed by atoms with Gasteiger partial charge in [0.2, 0.25) is 11.8 Å². The highest BCUT2D eigenvalue weighted by Gasteiger charge is 2.33. The number of nitrogens with one attached hydrogen (secondary N) is 1. The zero-order valence-electron chi connectivity index (χ0n) is 22.8. The maximum Gasteiger partial charge on any atom is 0.264 e. The van der Waals surface area contributed by atoms with Gasteiger partial charge in [-0.15, -0.1) is 0 Å². The molecule has 3 rings (SSSR count). The Morgan fingerprint density at radius 2 is 1.51 bits per heavy atom. The minimum Gasteiger partial charge on any atom is -0.352 e. The van der Waals surface area contributed by atoms with Crippen LogP contribution < -0.4 is 9.62 Å². The summed E-state index contributed by atoms with van der Waals surface area (Å²) in [5, 5.41) is 2.86. The highest BCUT2D eigenvalue weighted by Crippen LogP contribution is 2.25. The number of anilines is 1. The number of hydrogen-bond donors (Lipinski definition) is 1. The second-order valence-electron chi connectivity index (χ2n) is 9.45. The Morgan fingerprint density at radius 1 is 0.897 bits per heavy atom. The predicted octanol–water partition coefficient (Wildman–Crippen LogP) is 4.92. The van der Waals surface area contributed by atoms with Gasteiger partial charge in [-0.2, -0.15) is 0 Å². The van der Waals surface area contributed by atoms with Crippen LogP contribution in [0.2, 0.25) is 0 Å². The van der Waals surface area contributed by atoms with Crippen LogP contribution in [0.15, 0.2) is 83.8 Å². The van der Waals surface area contributed by atoms with Crippen molar-refractivity contribution in [3.8, 4) is 0 Å². The standard InChI is InChI=1S/C30H36FN3O4S/c1-5-22(3)32-30(36)23(4)33(20-25-12-10-11-15-28(25)31)29(35)21-34(26-18-16-24(6-2)17-19-26)39(37,38)27-13-8-7-9-14-27/h7-19,22-23H,5-6,20-21H2,1-4H3,(H,32,36)/t22-,23-/m1/s1. The number of carbonyl (C=O) groups excluding carboxylic acids is 2. The molecule has 0 radical (unpaired) electrons. The van der Waals surface area contributed by atoms with Crippen LogP contribution in [0.25, 0.3) is 0 Å². The van der Waals surface area contributed by atoms with E-state index in [0.29, 0.717) is 12.1 Å². The summed E-state index contributed by atoms with van der Waals surface area (Å²) in [5.41, 5.74) is 1.55. The molecular formula is C30H36FN3O4S. The quantitative estimate of drug-likeness (QED) is 0.345. The first-order chi connectivity index (χ1) is 18.6. The van der Waals surface area contributed by atoms with Crippen molar-refractivity contribution in [2.24, 2.45) is 0 Å². The molecule has 0 saturated heterocycles. The van der Waals surface area contributed by atoms with Crippen LogP contribution in [-0.4, -0.2) is 43.8 Å². The monoisotopic (exact) mass is 553 g/mol. The second kappa shape index (κ2) is 13.4. The Bertz CT molecular complexity index is 1360. The zero-order valence-corrected chi connectivity index (χ0v) is 23.6. The first-order valence-corrected chi connectivity index (χ1v) is 14.5. The molecule has 3 aromatic carbocycles. The first kappa shape index (κ1) is 29.8. The van der Waals surface area contributed by atoms with E-state index in [4.69, 9.17) is 0 Å². The van der Waals surface area contributed by atoms with Gasteiger partial charge in [0.25, 0.3) is 10.0 Å². The number of sulfonamides is 1. The van der Waals surface area contributed by atoms with Gasteiger partial charge >= 0.3 is 0 Å². The van der Waals surface area contributed by atoms with Crippen LogP contribution in [0.3, 0.4) is 0 Å². The molecule has 0 aromatic heterocycles. The first-order valence-electron chi connectivity index (χ1n) is 13.1. The van der Waals surface area contributed by atoms with Crippen LogP contribution in [0.1, 0.15) is 45.2 Å². The minimum absolute atomic E-state index is 0.0283. The normalized spacial score (nSPS) is 12.8. The molecule has 2 amide bonds. The Balaban J connectivity index is 2.02. The van der Waals surface area contributed by atoms with Gasteiger partial charge in [0, 0.05) is 18.2 Å². The SMILES string of the molecule is CCc1ccc(N(CC(=O)N(Cc2ccccc2F)[C@H](C)C(=O)N[C@H](C)CC)S(=O)(=O)c2ccccc2)cc1. The van der Waals surface area contributed by atoms with E-state index in [9.17, 15) is 22.4 Å². The molecule has 7 nitrogen and oxygen atoms in total. The number of carbonyl (C=O) groups is 2. The average molecular weight is 554 g/mol. The number of hydrogen-bond acceptors (Lipinski definition) is 4. The third-order valence-corrected chi connectivity index (χ3v) is 8.50. The summed E-state index contributed by atoms with van der Waals surface area (Å²) in [5.74, 6) is -1.56. The van der Waals surface area contributed by atoms with Gasteiger partial charge in [-0.3, -0.25) is 13.9 Å². The van der Waals surface area contributed by atoms with Gasteiger partial charge in [-0.25, -0.2) is 12.8 Å². The predicted molar refractivity (Wildman–Crippen MR) is 151 cm³/mol. The lowest BCUT2D eigenvalue weighted by Crippen LogP contribution is -2.52. The fraction of sp³-hybridized carbons (Fsp3) is 0.333. The highest BCUT2D eigenvalue weighted by atomic mass is 32.2. The molecule has 208 valence electrons. The second-order valence-corrected chi connectivity index (χ2v) is 11.3. The molecule has 9 heteroatoms. The molecular weight excluding hydrogens is 517 g/mol. The molecule has 0 fully saturated rings. The molecule has 0 aliphatic carbocycles. The molecule has 0 unspecified atom stereocenters. The molecule has 0 spiro atoms. The fourth-order valence-electron chi connectivity index (χ4n) is 4.00. The Hall–Kier alpha value is -3.72. The van der Waals surface area contributed by atoms with Crippen LogP contribution in [0.5, 0.6) is 0 Å². The number of nitrogens with zero attached hydrogens (tertiary/aromatic N) is 2. The number of benzene rings is 3. The van der Waals surface area contributed by atoms with Crippen molar-refractivity contribution < 1.29 is 22.4 Å². The zero-order chi connectivity index (χ0) is 28.6. The van der Waals surface area contributed by atoms with E-state index in [1.54, 1.807) is 43.3 Å². The van der Waals surface area contributed by atoms with Crippen molar-refractivity contribution in [2.75, 3.05) is 10.8 Å². The van der Waals surface area contributed by atoms with Crippen molar-refractivity contribution in [3.63, 3.8) is 0 Å². The van der Waals surface area contributed by atoms with Gasteiger partial charge in [-0.1, -0.05) is 62.4 Å². The maximum atomic E-state index is 14.6. The summed E-state index contributed by atoms with van der Waals surface area (Å²) in [4.78, 5) is 28.2. The summed E-state index contributed by atoms with van der Waals surface area (Å²) in [6, 6.07) is 19.7. The fourth-order valence-corrected chi connectivity index (χ4v) is 5.44. The average Bonchev–Trinajstić information content (AvgIpc) is 2.95. The molecule has 0 aliphatic heterocycles. The lowest BCUT2D eigenvalue weighted by Gasteiger charge is -2.32. The number of halogens is 1. The summed E-state index contributed by atoms with van der Waals surface area (Å²) in [7, 11) is -4.14. The molecule has 0 saturated carbocycles.